The van der Waals surface area contributed by atoms with Gasteiger partial charge in [-0.1, -0.05) is 6.07 Å². The highest BCUT2D eigenvalue weighted by atomic mass is 15.3. The Hall–Kier alpha value is -0.970. The molecule has 0 saturated carbocycles. The molecule has 2 heterocycles. The SMILES string of the molecule is CN1CCC(CN)(N(C)Cc2ccccn2)C1. The zero-order chi connectivity index (χ0) is 12.3. The van der Waals surface area contributed by atoms with Crippen LogP contribution in [-0.4, -0.2) is 54.1 Å². The summed E-state index contributed by atoms with van der Waals surface area (Å²) in [5, 5.41) is 0. The van der Waals surface area contributed by atoms with Crippen molar-refractivity contribution in [3.8, 4) is 0 Å². The lowest BCUT2D eigenvalue weighted by molar-refractivity contribution is 0.124. The van der Waals surface area contributed by atoms with Crippen LogP contribution in [0.3, 0.4) is 0 Å². The van der Waals surface area contributed by atoms with E-state index in [0.717, 1.165) is 31.7 Å². The molecule has 0 aliphatic carbocycles. The molecule has 0 bridgehead atoms. The number of rotatable bonds is 4. The zero-order valence-electron chi connectivity index (χ0n) is 10.8. The first-order chi connectivity index (χ1) is 8.16. The third kappa shape index (κ3) is 2.65. The first-order valence-electron chi connectivity index (χ1n) is 6.16. The van der Waals surface area contributed by atoms with E-state index < -0.39 is 0 Å². The van der Waals surface area contributed by atoms with E-state index in [0.29, 0.717) is 6.54 Å². The average molecular weight is 234 g/mol. The minimum atomic E-state index is 0.117. The maximum atomic E-state index is 6.00. The molecule has 4 nitrogen and oxygen atoms in total. The fourth-order valence-corrected chi connectivity index (χ4v) is 2.60. The van der Waals surface area contributed by atoms with E-state index in [1.54, 1.807) is 0 Å². The van der Waals surface area contributed by atoms with Crippen molar-refractivity contribution < 1.29 is 0 Å². The number of likely N-dealkylation sites (N-methyl/N-ethyl adjacent to an activating group) is 2. The van der Waals surface area contributed by atoms with Gasteiger partial charge in [0.2, 0.25) is 0 Å². The van der Waals surface area contributed by atoms with E-state index in [1.807, 2.05) is 18.3 Å². The van der Waals surface area contributed by atoms with E-state index >= 15 is 0 Å². The second-order valence-electron chi connectivity index (χ2n) is 5.09. The fourth-order valence-electron chi connectivity index (χ4n) is 2.60. The van der Waals surface area contributed by atoms with E-state index in [4.69, 9.17) is 5.73 Å². The van der Waals surface area contributed by atoms with Crippen molar-refractivity contribution in [3.63, 3.8) is 0 Å². The topological polar surface area (TPSA) is 45.4 Å². The number of hydrogen-bond acceptors (Lipinski definition) is 4. The number of likely N-dealkylation sites (tertiary alicyclic amines) is 1. The first kappa shape index (κ1) is 12.5. The van der Waals surface area contributed by atoms with Crippen LogP contribution in [0.15, 0.2) is 24.4 Å². The van der Waals surface area contributed by atoms with Gasteiger partial charge in [-0.15, -0.1) is 0 Å². The molecule has 1 atom stereocenters. The van der Waals surface area contributed by atoms with Crippen molar-refractivity contribution in [2.75, 3.05) is 33.7 Å². The predicted molar refractivity (Wildman–Crippen MR) is 69.6 cm³/mol. The molecular weight excluding hydrogens is 212 g/mol. The molecule has 4 heteroatoms. The lowest BCUT2D eigenvalue weighted by Crippen LogP contribution is -2.53. The fraction of sp³-hybridized carbons (Fsp3) is 0.615. The quantitative estimate of drug-likeness (QED) is 0.826. The molecule has 1 aromatic rings. The molecule has 1 fully saturated rings. The highest BCUT2D eigenvalue weighted by molar-refractivity contribution is 5.06. The van der Waals surface area contributed by atoms with E-state index in [2.05, 4.69) is 34.9 Å². The molecule has 1 unspecified atom stereocenters. The van der Waals surface area contributed by atoms with E-state index in [1.165, 1.54) is 0 Å². The lowest BCUT2D eigenvalue weighted by atomic mass is 9.96. The molecule has 0 radical (unpaired) electrons. The summed E-state index contributed by atoms with van der Waals surface area (Å²) >= 11 is 0. The molecule has 17 heavy (non-hydrogen) atoms. The maximum absolute atomic E-state index is 6.00. The van der Waals surface area contributed by atoms with Crippen molar-refractivity contribution in [2.24, 2.45) is 5.73 Å². The number of nitrogens with two attached hydrogens (primary N) is 1. The number of hydrogen-bond donors (Lipinski definition) is 1. The molecule has 1 aliphatic heterocycles. The summed E-state index contributed by atoms with van der Waals surface area (Å²) in [5.74, 6) is 0. The molecule has 2 N–H and O–H groups in total. The van der Waals surface area contributed by atoms with Gasteiger partial charge >= 0.3 is 0 Å². The van der Waals surface area contributed by atoms with Crippen molar-refractivity contribution in [3.05, 3.63) is 30.1 Å². The number of aromatic nitrogens is 1. The van der Waals surface area contributed by atoms with Crippen molar-refractivity contribution in [1.29, 1.82) is 0 Å². The number of pyridine rings is 1. The Morgan fingerprint density at radius 2 is 2.35 bits per heavy atom. The molecule has 0 aromatic carbocycles. The summed E-state index contributed by atoms with van der Waals surface area (Å²) in [4.78, 5) is 9.09. The van der Waals surface area contributed by atoms with Gasteiger partial charge in [0.15, 0.2) is 0 Å². The van der Waals surface area contributed by atoms with Gasteiger partial charge in [0.1, 0.15) is 0 Å². The Morgan fingerprint density at radius 3 is 2.88 bits per heavy atom. The smallest absolute Gasteiger partial charge is 0.0544 e. The van der Waals surface area contributed by atoms with Crippen LogP contribution < -0.4 is 5.73 Å². The van der Waals surface area contributed by atoms with Gasteiger partial charge in [-0.05, 0) is 39.2 Å². The molecule has 94 valence electrons. The normalized spacial score (nSPS) is 25.6. The first-order valence-corrected chi connectivity index (χ1v) is 6.16. The number of nitrogens with zero attached hydrogens (tertiary/aromatic N) is 3. The summed E-state index contributed by atoms with van der Waals surface area (Å²) in [7, 11) is 4.31. The van der Waals surface area contributed by atoms with Gasteiger partial charge in [0.25, 0.3) is 0 Å². The third-order valence-electron chi connectivity index (χ3n) is 3.84. The minimum absolute atomic E-state index is 0.117. The van der Waals surface area contributed by atoms with Gasteiger partial charge in [-0.3, -0.25) is 9.88 Å². The Morgan fingerprint density at radius 1 is 1.53 bits per heavy atom. The molecule has 1 saturated heterocycles. The summed E-state index contributed by atoms with van der Waals surface area (Å²) in [5.41, 5.74) is 7.22. The van der Waals surface area contributed by atoms with Gasteiger partial charge in [-0.2, -0.15) is 0 Å². The van der Waals surface area contributed by atoms with Crippen LogP contribution in [0.2, 0.25) is 0 Å². The van der Waals surface area contributed by atoms with Crippen LogP contribution in [0.1, 0.15) is 12.1 Å². The molecular formula is C13H22N4. The van der Waals surface area contributed by atoms with Crippen molar-refractivity contribution in [1.82, 2.24) is 14.8 Å². The summed E-state index contributed by atoms with van der Waals surface area (Å²) in [6, 6.07) is 6.05. The standard InChI is InChI=1S/C13H22N4/c1-16-8-6-13(10-14,11-16)17(2)9-12-5-3-4-7-15-12/h3-5,7H,6,8-11,14H2,1-2H3. The van der Waals surface area contributed by atoms with Gasteiger partial charge < -0.3 is 10.6 Å². The summed E-state index contributed by atoms with van der Waals surface area (Å²) in [6.45, 7) is 3.75. The van der Waals surface area contributed by atoms with Gasteiger partial charge in [-0.25, -0.2) is 0 Å². The van der Waals surface area contributed by atoms with Crippen LogP contribution in [-0.2, 0) is 6.54 Å². The Balaban J connectivity index is 2.06. The Bertz CT molecular complexity index is 354. The van der Waals surface area contributed by atoms with Crippen LogP contribution in [0.4, 0.5) is 0 Å². The highest BCUT2D eigenvalue weighted by Gasteiger charge is 2.38. The van der Waals surface area contributed by atoms with E-state index in [-0.39, 0.29) is 5.54 Å². The zero-order valence-corrected chi connectivity index (χ0v) is 10.8. The summed E-state index contributed by atoms with van der Waals surface area (Å²) < 4.78 is 0. The van der Waals surface area contributed by atoms with Gasteiger partial charge in [0.05, 0.1) is 5.69 Å². The second kappa shape index (κ2) is 5.12. The largest absolute Gasteiger partial charge is 0.329 e. The Labute approximate surface area is 103 Å². The van der Waals surface area contributed by atoms with Gasteiger partial charge in [0, 0.05) is 31.4 Å². The van der Waals surface area contributed by atoms with Crippen molar-refractivity contribution in [2.45, 2.75) is 18.5 Å². The second-order valence-corrected chi connectivity index (χ2v) is 5.09. The molecule has 2 rings (SSSR count). The van der Waals surface area contributed by atoms with Crippen LogP contribution in [0.5, 0.6) is 0 Å². The average Bonchev–Trinajstić information content (AvgIpc) is 2.73. The molecule has 1 aliphatic rings. The van der Waals surface area contributed by atoms with Crippen LogP contribution in [0.25, 0.3) is 0 Å². The highest BCUT2D eigenvalue weighted by Crippen LogP contribution is 2.26. The van der Waals surface area contributed by atoms with E-state index in [9.17, 15) is 0 Å². The predicted octanol–water partition coefficient (Wildman–Crippen LogP) is 0.546. The Kier molecular flexibility index (Phi) is 3.76. The minimum Gasteiger partial charge on any atom is -0.329 e. The molecule has 1 aromatic heterocycles. The molecule has 0 spiro atoms. The third-order valence-corrected chi connectivity index (χ3v) is 3.84. The van der Waals surface area contributed by atoms with Crippen LogP contribution in [0, 0.1) is 0 Å². The molecule has 0 amide bonds. The lowest BCUT2D eigenvalue weighted by Gasteiger charge is -2.37. The monoisotopic (exact) mass is 234 g/mol. The van der Waals surface area contributed by atoms with Crippen molar-refractivity contribution >= 4 is 0 Å². The van der Waals surface area contributed by atoms with Crippen LogP contribution >= 0.6 is 0 Å². The maximum Gasteiger partial charge on any atom is 0.0544 e. The summed E-state index contributed by atoms with van der Waals surface area (Å²) in [6.07, 6.45) is 2.99.